The van der Waals surface area contributed by atoms with Crippen molar-refractivity contribution in [1.82, 2.24) is 24.9 Å². The Labute approximate surface area is 329 Å². The highest BCUT2D eigenvalue weighted by Crippen LogP contribution is 2.42. The molecule has 1 aliphatic carbocycles. The van der Waals surface area contributed by atoms with Crippen LogP contribution in [0.25, 0.3) is 116 Å². The fourth-order valence-electron chi connectivity index (χ4n) is 8.18. The van der Waals surface area contributed by atoms with Gasteiger partial charge in [-0.15, -0.1) is 11.3 Å². The highest BCUT2D eigenvalue weighted by Gasteiger charge is 2.23. The highest BCUT2D eigenvalue weighted by atomic mass is 32.1. The Bertz CT molecular complexity index is 3420. The minimum atomic E-state index is 0.531. The Hall–Kier alpha value is -7.29. The summed E-state index contributed by atoms with van der Waals surface area (Å²) < 4.78 is 15.4. The van der Waals surface area contributed by atoms with Gasteiger partial charge in [0.2, 0.25) is 0 Å². The van der Waals surface area contributed by atoms with E-state index in [1.807, 2.05) is 60.7 Å². The van der Waals surface area contributed by atoms with E-state index in [2.05, 4.69) is 91.0 Å². The van der Waals surface area contributed by atoms with E-state index >= 15 is 0 Å². The zero-order valence-corrected chi connectivity index (χ0v) is 31.1. The fraction of sp³-hybridized carbons (Fsp3) is 0.0408. The number of rotatable bonds is 5. The number of fused-ring (bicyclic) bond motifs is 9. The summed E-state index contributed by atoms with van der Waals surface area (Å²) >= 11 is 1.73. The van der Waals surface area contributed by atoms with E-state index < -0.39 is 0 Å². The highest BCUT2D eigenvalue weighted by molar-refractivity contribution is 7.26. The van der Waals surface area contributed by atoms with Gasteiger partial charge in [0.25, 0.3) is 0 Å². The molecular formula is C49H29N5O2S. The first-order valence-electron chi connectivity index (χ1n) is 19.0. The van der Waals surface area contributed by atoms with Crippen molar-refractivity contribution in [2.45, 2.75) is 12.8 Å². The molecule has 12 rings (SSSR count). The quantitative estimate of drug-likeness (QED) is 0.173. The van der Waals surface area contributed by atoms with Crippen LogP contribution in [0.3, 0.4) is 0 Å². The van der Waals surface area contributed by atoms with E-state index in [9.17, 15) is 0 Å². The van der Waals surface area contributed by atoms with Gasteiger partial charge in [0.05, 0.1) is 21.5 Å². The Morgan fingerprint density at radius 1 is 0.509 bits per heavy atom. The molecule has 7 nitrogen and oxygen atoms in total. The number of thiophene rings is 1. The summed E-state index contributed by atoms with van der Waals surface area (Å²) in [7, 11) is 0. The smallest absolute Gasteiger partial charge is 0.167 e. The largest absolute Gasteiger partial charge is 0.456 e. The molecule has 0 fully saturated rings. The van der Waals surface area contributed by atoms with Gasteiger partial charge in [-0.1, -0.05) is 115 Å². The van der Waals surface area contributed by atoms with Crippen LogP contribution in [0.1, 0.15) is 17.7 Å². The molecule has 0 spiro atoms. The first kappa shape index (κ1) is 32.0. The van der Waals surface area contributed by atoms with Crippen LogP contribution in [0.15, 0.2) is 154 Å². The minimum Gasteiger partial charge on any atom is -0.456 e. The standard InChI is InChI=1S/C49H29N5O2S/c1-3-13-28(14-4-1)42-45-43(34-18-8-10-24-40(34)57-45)51-47(50-42)30-25-26-31-32-19-11-21-36(44(32)56-39(31)27-30)49-53-46(29-15-5-2-6-16-29)52-48(54-49)35-20-12-23-38-41(35)33-17-7-9-22-37(33)55-38/h1-6,8-16,18-27H,7,17H2. The molecule has 268 valence electrons. The van der Waals surface area contributed by atoms with E-state index in [0.29, 0.717) is 28.9 Å². The second kappa shape index (κ2) is 12.6. The molecule has 0 N–H and O–H groups in total. The number of aromatic nitrogens is 5. The van der Waals surface area contributed by atoms with Crippen molar-refractivity contribution in [2.24, 2.45) is 0 Å². The van der Waals surface area contributed by atoms with Gasteiger partial charge in [-0.3, -0.25) is 0 Å². The molecule has 57 heavy (non-hydrogen) atoms. The number of furan rings is 2. The maximum atomic E-state index is 6.80. The molecule has 0 saturated carbocycles. The van der Waals surface area contributed by atoms with Crippen LogP contribution in [-0.4, -0.2) is 24.9 Å². The molecule has 0 unspecified atom stereocenters. The van der Waals surface area contributed by atoms with Gasteiger partial charge in [0, 0.05) is 54.1 Å². The lowest BCUT2D eigenvalue weighted by atomic mass is 9.97. The number of aryl methyl sites for hydroxylation is 1. The summed E-state index contributed by atoms with van der Waals surface area (Å²) in [5.41, 5.74) is 9.85. The molecule has 5 aromatic heterocycles. The number of para-hydroxylation sites is 1. The lowest BCUT2D eigenvalue weighted by Crippen LogP contribution is -2.01. The molecule has 0 amide bonds. The second-order valence-electron chi connectivity index (χ2n) is 14.3. The Kier molecular flexibility index (Phi) is 7.09. The van der Waals surface area contributed by atoms with E-state index in [0.717, 1.165) is 95.0 Å². The first-order valence-corrected chi connectivity index (χ1v) is 19.8. The number of allylic oxidation sites excluding steroid dienone is 1. The topological polar surface area (TPSA) is 90.7 Å². The lowest BCUT2D eigenvalue weighted by molar-refractivity contribution is 0.595. The third-order valence-corrected chi connectivity index (χ3v) is 12.0. The van der Waals surface area contributed by atoms with Crippen LogP contribution in [0, 0.1) is 0 Å². The summed E-state index contributed by atoms with van der Waals surface area (Å²) in [6, 6.07) is 47.3. The molecule has 8 heteroatoms. The predicted octanol–water partition coefficient (Wildman–Crippen LogP) is 13.0. The van der Waals surface area contributed by atoms with E-state index in [-0.39, 0.29) is 0 Å². The average Bonchev–Trinajstić information content (AvgIpc) is 3.97. The van der Waals surface area contributed by atoms with Gasteiger partial charge in [0.15, 0.2) is 23.3 Å². The molecule has 1 aliphatic rings. The van der Waals surface area contributed by atoms with Crippen LogP contribution in [0.4, 0.5) is 0 Å². The molecule has 11 aromatic rings. The number of hydrogen-bond donors (Lipinski definition) is 0. The molecule has 0 saturated heterocycles. The molecule has 6 aromatic carbocycles. The normalized spacial score (nSPS) is 12.7. The maximum Gasteiger partial charge on any atom is 0.167 e. The number of hydrogen-bond acceptors (Lipinski definition) is 8. The zero-order valence-electron chi connectivity index (χ0n) is 30.3. The van der Waals surface area contributed by atoms with E-state index in [4.69, 9.17) is 33.8 Å². The monoisotopic (exact) mass is 751 g/mol. The lowest BCUT2D eigenvalue weighted by Gasteiger charge is -2.10. The Morgan fingerprint density at radius 3 is 2.11 bits per heavy atom. The van der Waals surface area contributed by atoms with Crippen molar-refractivity contribution in [1.29, 1.82) is 0 Å². The third kappa shape index (κ3) is 5.15. The summed E-state index contributed by atoms with van der Waals surface area (Å²) in [4.78, 5) is 25.8. The second-order valence-corrected chi connectivity index (χ2v) is 15.3. The summed E-state index contributed by atoms with van der Waals surface area (Å²) in [5.74, 6) is 3.25. The van der Waals surface area contributed by atoms with Crippen LogP contribution in [0.2, 0.25) is 0 Å². The van der Waals surface area contributed by atoms with Gasteiger partial charge in [0.1, 0.15) is 22.5 Å². The van der Waals surface area contributed by atoms with Crippen molar-refractivity contribution >= 4 is 70.6 Å². The molecule has 5 heterocycles. The summed E-state index contributed by atoms with van der Waals surface area (Å²) in [6.45, 7) is 0. The van der Waals surface area contributed by atoms with Crippen molar-refractivity contribution in [3.8, 4) is 56.8 Å². The maximum absolute atomic E-state index is 6.80. The van der Waals surface area contributed by atoms with Crippen LogP contribution < -0.4 is 0 Å². The van der Waals surface area contributed by atoms with Gasteiger partial charge in [-0.25, -0.2) is 24.9 Å². The average molecular weight is 752 g/mol. The third-order valence-electron chi connectivity index (χ3n) is 10.8. The van der Waals surface area contributed by atoms with Gasteiger partial charge in [-0.05, 0) is 49.2 Å². The fourth-order valence-corrected chi connectivity index (χ4v) is 9.33. The minimum absolute atomic E-state index is 0.531. The van der Waals surface area contributed by atoms with Gasteiger partial charge < -0.3 is 8.83 Å². The van der Waals surface area contributed by atoms with Crippen molar-refractivity contribution in [3.05, 3.63) is 157 Å². The summed E-state index contributed by atoms with van der Waals surface area (Å²) in [5, 5.41) is 4.13. The molecule has 0 aliphatic heterocycles. The molecule has 0 radical (unpaired) electrons. The number of nitrogens with zero attached hydrogens (tertiary/aromatic N) is 5. The van der Waals surface area contributed by atoms with Crippen molar-refractivity contribution in [2.75, 3.05) is 0 Å². The SMILES string of the molecule is C1=Cc2oc3cccc(-c4nc(-c5ccccc5)nc(-c5cccc6c5oc5cc(-c7nc(-c8ccccc8)c8sc9ccccc9c8n7)ccc56)n4)c3c2CC1. The van der Waals surface area contributed by atoms with Gasteiger partial charge >= 0.3 is 0 Å². The number of benzene rings is 6. The first-order chi connectivity index (χ1) is 28.2. The molecule has 0 bridgehead atoms. The van der Waals surface area contributed by atoms with Crippen LogP contribution in [-0.2, 0) is 6.42 Å². The van der Waals surface area contributed by atoms with Gasteiger partial charge in [-0.2, -0.15) is 0 Å². The van der Waals surface area contributed by atoms with E-state index in [1.165, 1.54) is 10.3 Å². The van der Waals surface area contributed by atoms with Crippen LogP contribution in [0.5, 0.6) is 0 Å². The predicted molar refractivity (Wildman–Crippen MR) is 230 cm³/mol. The zero-order chi connectivity index (χ0) is 37.5. The summed E-state index contributed by atoms with van der Waals surface area (Å²) in [6.07, 6.45) is 6.09. The molecular weight excluding hydrogens is 723 g/mol. The Balaban J connectivity index is 1.04. The van der Waals surface area contributed by atoms with Crippen LogP contribution >= 0.6 is 11.3 Å². The van der Waals surface area contributed by atoms with E-state index in [1.54, 1.807) is 11.3 Å². The Morgan fingerprint density at radius 2 is 1.23 bits per heavy atom. The van der Waals surface area contributed by atoms with Crippen molar-refractivity contribution in [3.63, 3.8) is 0 Å². The van der Waals surface area contributed by atoms with Crippen molar-refractivity contribution < 1.29 is 8.83 Å². The molecule has 0 atom stereocenters.